The number of hydrogen-bond acceptors (Lipinski definition) is 15. The Morgan fingerprint density at radius 2 is 0.703 bits per heavy atom. The first-order valence-corrected chi connectivity index (χ1v) is 36.1. The minimum Gasteiger partial charge on any atom is -0.395 e. The number of aromatic nitrogens is 8. The number of carbonyl (C=O) groups is 7. The van der Waals surface area contributed by atoms with Crippen molar-refractivity contribution < 1.29 is 38.7 Å². The Morgan fingerprint density at radius 1 is 0.369 bits per heavy atom. The molecule has 0 fully saturated rings. The SMILES string of the molecule is CCCNC(=O)c1ccc(C(=O)Nc2ccc(Cl)c(-c3ccccn3)c2)c(Cl)c1.NC(=O)c1ccc(C(=O)Nc2ccc(Cl)c(-c3ccccn3)c2)c(Cl)c1.O=C(NCCO)c1ccc(C(=O)Nc2ccc(Cl)c(-c3ccccn3)c2)c(Cl)c1.O=C(Nc1ccc(Cl)c(-c2ccccn2)c1)c1ccc(-n2cnnn2)cc1. The molecule has 5 heterocycles. The number of carbonyl (C=O) groups excluding carboxylic acids is 7. The lowest BCUT2D eigenvalue weighted by Crippen LogP contribution is -2.26. The number of amides is 7. The summed E-state index contributed by atoms with van der Waals surface area (Å²) in [5, 5.41) is 38.9. The molecule has 13 aromatic rings. The van der Waals surface area contributed by atoms with Crippen molar-refractivity contribution in [1.29, 1.82) is 0 Å². The van der Waals surface area contributed by atoms with E-state index in [0.717, 1.165) is 23.4 Å². The van der Waals surface area contributed by atoms with Crippen LogP contribution in [-0.4, -0.2) is 106 Å². The molecule has 8 aromatic carbocycles. The van der Waals surface area contributed by atoms with Crippen LogP contribution >= 0.6 is 81.2 Å². The second-order valence-electron chi connectivity index (χ2n) is 23.4. The topological polar surface area (TPSA) is 333 Å². The van der Waals surface area contributed by atoms with Gasteiger partial charge < -0.3 is 42.7 Å². The molecule has 0 bridgehead atoms. The van der Waals surface area contributed by atoms with Crippen LogP contribution in [0.15, 0.2) is 256 Å². The van der Waals surface area contributed by atoms with Gasteiger partial charge in [-0.15, -0.1) is 5.10 Å². The number of aliphatic hydroxyl groups is 1. The number of nitrogens with zero attached hydrogens (tertiary/aromatic N) is 8. The number of pyridine rings is 4. The quantitative estimate of drug-likeness (QED) is 0.0352. The van der Waals surface area contributed by atoms with Crippen LogP contribution in [0.4, 0.5) is 22.7 Å². The number of halogens is 7. The summed E-state index contributed by atoms with van der Waals surface area (Å²) < 4.78 is 1.51. The maximum absolute atomic E-state index is 12.7. The molecular formula is C81H62Cl7N15O8. The van der Waals surface area contributed by atoms with Crippen LogP contribution in [-0.2, 0) is 0 Å². The van der Waals surface area contributed by atoms with Gasteiger partial charge in [0.1, 0.15) is 6.33 Å². The molecule has 0 aliphatic heterocycles. The predicted molar refractivity (Wildman–Crippen MR) is 435 cm³/mol. The normalized spacial score (nSPS) is 10.5. The molecule has 0 aliphatic carbocycles. The van der Waals surface area contributed by atoms with Crippen LogP contribution in [0, 0.1) is 0 Å². The highest BCUT2D eigenvalue weighted by Gasteiger charge is 2.20. The Hall–Kier alpha value is -12.3. The van der Waals surface area contributed by atoms with Crippen LogP contribution in [0.3, 0.4) is 0 Å². The van der Waals surface area contributed by atoms with Crippen molar-refractivity contribution in [3.05, 3.63) is 330 Å². The van der Waals surface area contributed by atoms with Gasteiger partial charge in [0.15, 0.2) is 0 Å². The number of nitrogens with two attached hydrogens (primary N) is 1. The molecule has 9 N–H and O–H groups in total. The van der Waals surface area contributed by atoms with Crippen molar-refractivity contribution in [3.8, 4) is 50.7 Å². The summed E-state index contributed by atoms with van der Waals surface area (Å²) in [4.78, 5) is 103. The molecule has 0 spiro atoms. The first-order chi connectivity index (χ1) is 53.6. The number of rotatable bonds is 20. The average molecular weight is 1620 g/mol. The van der Waals surface area contributed by atoms with E-state index in [2.05, 4.69) is 67.4 Å². The number of primary amides is 1. The van der Waals surface area contributed by atoms with Crippen molar-refractivity contribution in [3.63, 3.8) is 0 Å². The molecule has 558 valence electrons. The summed E-state index contributed by atoms with van der Waals surface area (Å²) in [5.41, 5.74) is 16.1. The number of anilines is 4. The van der Waals surface area contributed by atoms with Crippen molar-refractivity contribution in [2.24, 2.45) is 5.73 Å². The summed E-state index contributed by atoms with van der Waals surface area (Å²) in [7, 11) is 0. The van der Waals surface area contributed by atoms with Gasteiger partial charge in [0.05, 0.1) is 86.9 Å². The fourth-order valence-corrected chi connectivity index (χ4v) is 11.9. The van der Waals surface area contributed by atoms with Gasteiger partial charge in [-0.3, -0.25) is 53.5 Å². The maximum Gasteiger partial charge on any atom is 0.257 e. The van der Waals surface area contributed by atoms with Crippen molar-refractivity contribution in [2.45, 2.75) is 13.3 Å². The van der Waals surface area contributed by atoms with Gasteiger partial charge in [-0.05, 0) is 217 Å². The molecule has 13 rings (SSSR count). The molecule has 0 radical (unpaired) electrons. The monoisotopic (exact) mass is 1620 g/mol. The molecule has 23 nitrogen and oxygen atoms in total. The minimum atomic E-state index is -0.614. The van der Waals surface area contributed by atoms with Gasteiger partial charge in [0.25, 0.3) is 35.4 Å². The summed E-state index contributed by atoms with van der Waals surface area (Å²) in [5.74, 6) is -2.68. The maximum atomic E-state index is 12.7. The second-order valence-corrected chi connectivity index (χ2v) is 26.3. The van der Waals surface area contributed by atoms with E-state index in [0.29, 0.717) is 99.8 Å². The van der Waals surface area contributed by atoms with E-state index in [9.17, 15) is 33.6 Å². The fraction of sp³-hybridized carbons (Fsp3) is 0.0617. The number of benzene rings is 8. The molecule has 30 heteroatoms. The van der Waals surface area contributed by atoms with E-state index in [1.54, 1.807) is 140 Å². The van der Waals surface area contributed by atoms with E-state index < -0.39 is 17.7 Å². The predicted octanol–water partition coefficient (Wildman–Crippen LogP) is 17.5. The molecule has 111 heavy (non-hydrogen) atoms. The zero-order valence-corrected chi connectivity index (χ0v) is 63.5. The lowest BCUT2D eigenvalue weighted by molar-refractivity contribution is 0.0939. The average Bonchev–Trinajstić information content (AvgIpc) is 1.47. The highest BCUT2D eigenvalue weighted by Crippen LogP contribution is 2.35. The zero-order chi connectivity index (χ0) is 78.9. The number of hydrogen-bond donors (Lipinski definition) is 8. The van der Waals surface area contributed by atoms with Gasteiger partial charge >= 0.3 is 0 Å². The van der Waals surface area contributed by atoms with Crippen molar-refractivity contribution in [2.75, 3.05) is 41.0 Å². The fourth-order valence-electron chi connectivity index (χ4n) is 10.3. The van der Waals surface area contributed by atoms with E-state index in [1.165, 1.54) is 59.5 Å². The highest BCUT2D eigenvalue weighted by atomic mass is 35.5. The Bertz CT molecular complexity index is 5320. The summed E-state index contributed by atoms with van der Waals surface area (Å²) in [6, 6.07) is 62.9. The van der Waals surface area contributed by atoms with Crippen LogP contribution < -0.4 is 37.6 Å². The molecule has 7 amide bonds. The number of aliphatic hydroxyl groups excluding tert-OH is 1. The third-order valence-electron chi connectivity index (χ3n) is 15.8. The van der Waals surface area contributed by atoms with Gasteiger partial charge in [-0.2, -0.15) is 0 Å². The smallest absolute Gasteiger partial charge is 0.257 e. The highest BCUT2D eigenvalue weighted by molar-refractivity contribution is 6.37. The van der Waals surface area contributed by atoms with Gasteiger partial charge in [0.2, 0.25) is 5.91 Å². The van der Waals surface area contributed by atoms with Gasteiger partial charge in [-0.25, -0.2) is 4.68 Å². The molecule has 0 atom stereocenters. The molecule has 0 aliphatic rings. The summed E-state index contributed by atoms with van der Waals surface area (Å²) >= 11 is 43.6. The standard InChI is InChI=1S/C22H19Cl2N3O2.C21H17Cl2N3O3.C19H13Cl2N3O2.C19H13ClN6O/c1-2-10-26-21(28)14-6-8-16(19(24)12-14)22(29)27-15-7-9-18(23)17(13-15)20-5-3-4-11-25-20;22-17-7-5-14(12-16(17)19-3-1-2-8-24-19)26-21(29)15-6-4-13(11-18(15)23)20(28)25-9-10-27;20-15-7-5-12(10-14(15)17-3-1-2-8-23-17)24-19(26)13-6-4-11(18(22)25)9-16(13)21;20-17-9-6-14(11-16(17)18-3-1-2-10-21-18)23-19(27)13-4-7-15(8-5-13)26-12-22-24-25-26/h3-9,11-13H,2,10H2,1H3,(H,26,28)(H,27,29);1-8,11-12,27H,9-10H2,(H,25,28)(H,26,29);1-10H,(H2,22,25)(H,24,26);1-12H,(H,23,27). The Balaban J connectivity index is 0.000000157. The molecular weight excluding hydrogens is 1560 g/mol. The van der Waals surface area contributed by atoms with Gasteiger partial charge in [0, 0.05) is 105 Å². The van der Waals surface area contributed by atoms with E-state index in [-0.39, 0.29) is 74.1 Å². The Labute approximate surface area is 670 Å². The van der Waals surface area contributed by atoms with Crippen LogP contribution in [0.1, 0.15) is 85.9 Å². The summed E-state index contributed by atoms with van der Waals surface area (Å²) in [6.07, 6.45) is 9.02. The zero-order valence-electron chi connectivity index (χ0n) is 58.2. The molecule has 5 aromatic heterocycles. The third kappa shape index (κ3) is 22.4. The van der Waals surface area contributed by atoms with Crippen LogP contribution in [0.5, 0.6) is 0 Å². The lowest BCUT2D eigenvalue weighted by atomic mass is 10.1. The molecule has 0 unspecified atom stereocenters. The van der Waals surface area contributed by atoms with E-state index in [1.807, 2.05) is 67.6 Å². The minimum absolute atomic E-state index is 0.133. The second kappa shape index (κ2) is 39.7. The number of nitrogens with one attached hydrogen (secondary N) is 6. The largest absolute Gasteiger partial charge is 0.395 e. The Morgan fingerprint density at radius 3 is 1.01 bits per heavy atom. The molecule has 0 saturated heterocycles. The van der Waals surface area contributed by atoms with E-state index in [4.69, 9.17) is 92.0 Å². The van der Waals surface area contributed by atoms with Crippen LogP contribution in [0.25, 0.3) is 50.7 Å². The lowest BCUT2D eigenvalue weighted by Gasteiger charge is -2.11. The Kier molecular flexibility index (Phi) is 29.1. The first kappa shape index (κ1) is 81.2. The first-order valence-electron chi connectivity index (χ1n) is 33.4. The van der Waals surface area contributed by atoms with Crippen molar-refractivity contribution >= 4 is 145 Å². The number of tetrazole rings is 1. The van der Waals surface area contributed by atoms with E-state index >= 15 is 0 Å². The van der Waals surface area contributed by atoms with Crippen LogP contribution in [0.2, 0.25) is 35.2 Å². The third-order valence-corrected chi connectivity index (χ3v) is 18.0. The van der Waals surface area contributed by atoms with Gasteiger partial charge in [-0.1, -0.05) is 112 Å². The van der Waals surface area contributed by atoms with Crippen molar-refractivity contribution in [1.82, 2.24) is 50.8 Å². The molecule has 0 saturated carbocycles. The summed E-state index contributed by atoms with van der Waals surface area (Å²) in [6.45, 7) is 2.51.